The van der Waals surface area contributed by atoms with Crippen LogP contribution in [0.4, 0.5) is 5.69 Å². The Hall–Kier alpha value is -4.05. The number of methoxy groups -OCH3 is 2. The average molecular weight is 610 g/mol. The number of carbonyl (C=O) groups excluding carboxylic acids is 2. The fraction of sp³-hybridized carbons (Fsp3) is 0.394. The molecule has 2 atom stereocenters. The molecule has 0 radical (unpaired) electrons. The predicted octanol–water partition coefficient (Wildman–Crippen LogP) is 5.24. The van der Waals surface area contributed by atoms with Crippen molar-refractivity contribution in [2.45, 2.75) is 71.0 Å². The van der Waals surface area contributed by atoms with Gasteiger partial charge in [-0.15, -0.1) is 0 Å². The van der Waals surface area contributed by atoms with Crippen LogP contribution in [0.15, 0.2) is 71.6 Å². The zero-order chi connectivity index (χ0) is 31.7. The number of sulfonamides is 1. The molecule has 0 unspecified atom stereocenters. The van der Waals surface area contributed by atoms with Gasteiger partial charge in [0, 0.05) is 18.7 Å². The van der Waals surface area contributed by atoms with Gasteiger partial charge in [-0.05, 0) is 63.4 Å². The van der Waals surface area contributed by atoms with E-state index in [0.717, 1.165) is 27.4 Å². The Bertz CT molecular complexity index is 1490. The third-order valence-electron chi connectivity index (χ3n) is 7.40. The molecule has 0 aromatic heterocycles. The third kappa shape index (κ3) is 8.28. The van der Waals surface area contributed by atoms with Gasteiger partial charge in [-0.3, -0.25) is 13.9 Å². The molecule has 0 aliphatic heterocycles. The molecule has 0 bridgehead atoms. The van der Waals surface area contributed by atoms with E-state index in [1.165, 1.54) is 37.3 Å². The second-order valence-corrected chi connectivity index (χ2v) is 12.5. The van der Waals surface area contributed by atoms with Gasteiger partial charge in [0.1, 0.15) is 12.6 Å². The number of hydrogen-bond donors (Lipinski definition) is 1. The number of benzene rings is 3. The van der Waals surface area contributed by atoms with Crippen LogP contribution in [-0.2, 0) is 26.2 Å². The van der Waals surface area contributed by atoms with E-state index in [9.17, 15) is 18.0 Å². The molecule has 9 nitrogen and oxygen atoms in total. The van der Waals surface area contributed by atoms with Gasteiger partial charge >= 0.3 is 0 Å². The molecular weight excluding hydrogens is 566 g/mol. The summed E-state index contributed by atoms with van der Waals surface area (Å²) in [6.07, 6.45) is 1.08. The van der Waals surface area contributed by atoms with E-state index in [2.05, 4.69) is 5.32 Å². The summed E-state index contributed by atoms with van der Waals surface area (Å²) in [7, 11) is -1.27. The van der Waals surface area contributed by atoms with Crippen molar-refractivity contribution in [3.63, 3.8) is 0 Å². The highest BCUT2D eigenvalue weighted by Gasteiger charge is 2.34. The fourth-order valence-electron chi connectivity index (χ4n) is 4.60. The SMILES string of the molecule is CC[C@H](C(=O)N[C@@H](C)CC)N(Cc1ccc(C)cc1)C(=O)CN(c1ccc(OC)c(OC)c1)S(=O)(=O)c1ccc(C)cc1. The van der Waals surface area contributed by atoms with Gasteiger partial charge in [-0.1, -0.05) is 61.4 Å². The Morgan fingerprint density at radius 2 is 1.42 bits per heavy atom. The van der Waals surface area contributed by atoms with E-state index in [-0.39, 0.29) is 29.1 Å². The van der Waals surface area contributed by atoms with Crippen LogP contribution in [0.3, 0.4) is 0 Å². The van der Waals surface area contributed by atoms with E-state index in [0.29, 0.717) is 17.9 Å². The van der Waals surface area contributed by atoms with Crippen molar-refractivity contribution in [2.75, 3.05) is 25.1 Å². The van der Waals surface area contributed by atoms with Crippen LogP contribution in [0, 0.1) is 13.8 Å². The number of ether oxygens (including phenoxy) is 2. The quantitative estimate of drug-likeness (QED) is 0.268. The van der Waals surface area contributed by atoms with Gasteiger partial charge in [-0.2, -0.15) is 0 Å². The first-order valence-electron chi connectivity index (χ1n) is 14.4. The maximum atomic E-state index is 14.3. The summed E-state index contributed by atoms with van der Waals surface area (Å²) in [6.45, 7) is 9.15. The first-order valence-corrected chi connectivity index (χ1v) is 15.9. The Morgan fingerprint density at radius 1 is 0.837 bits per heavy atom. The standard InChI is InChI=1S/C33H43N3O6S/c1-8-25(5)34-33(38)29(9-2)35(21-26-14-10-23(3)11-15-26)32(37)22-36(27-16-19-30(41-6)31(20-27)42-7)43(39,40)28-17-12-24(4)13-18-28/h10-20,25,29H,8-9,21-22H2,1-7H3,(H,34,38)/t25-,29+/m0/s1. The Kier molecular flexibility index (Phi) is 11.6. The Morgan fingerprint density at radius 3 is 1.95 bits per heavy atom. The van der Waals surface area contributed by atoms with Crippen LogP contribution in [-0.4, -0.2) is 58.0 Å². The van der Waals surface area contributed by atoms with Gasteiger partial charge in [0.25, 0.3) is 10.0 Å². The molecule has 3 aromatic carbocycles. The third-order valence-corrected chi connectivity index (χ3v) is 9.19. The van der Waals surface area contributed by atoms with Crippen molar-refractivity contribution in [2.24, 2.45) is 0 Å². The number of anilines is 1. The number of rotatable bonds is 14. The number of amides is 2. The second-order valence-electron chi connectivity index (χ2n) is 10.6. The van der Waals surface area contributed by atoms with Gasteiger partial charge in [-0.25, -0.2) is 8.42 Å². The largest absolute Gasteiger partial charge is 0.493 e. The number of hydrogen-bond acceptors (Lipinski definition) is 6. The van der Waals surface area contributed by atoms with Crippen LogP contribution in [0.5, 0.6) is 11.5 Å². The zero-order valence-corrected chi connectivity index (χ0v) is 26.9. The summed E-state index contributed by atoms with van der Waals surface area (Å²) in [4.78, 5) is 29.2. The topological polar surface area (TPSA) is 105 Å². The highest BCUT2D eigenvalue weighted by Crippen LogP contribution is 2.34. The average Bonchev–Trinajstić information content (AvgIpc) is 3.00. The van der Waals surface area contributed by atoms with E-state index in [1.54, 1.807) is 24.3 Å². The molecule has 10 heteroatoms. The molecule has 3 aromatic rings. The van der Waals surface area contributed by atoms with Crippen molar-refractivity contribution in [3.8, 4) is 11.5 Å². The molecule has 0 spiro atoms. The monoisotopic (exact) mass is 609 g/mol. The first kappa shape index (κ1) is 33.5. The molecule has 0 saturated heterocycles. The van der Waals surface area contributed by atoms with Gasteiger partial charge in [0.2, 0.25) is 11.8 Å². The molecule has 2 amide bonds. The lowest BCUT2D eigenvalue weighted by atomic mass is 10.1. The minimum Gasteiger partial charge on any atom is -0.493 e. The van der Waals surface area contributed by atoms with Gasteiger partial charge in [0.15, 0.2) is 11.5 Å². The number of nitrogens with one attached hydrogen (secondary N) is 1. The van der Waals surface area contributed by atoms with Crippen LogP contribution in [0.1, 0.15) is 50.3 Å². The summed E-state index contributed by atoms with van der Waals surface area (Å²) in [6, 6.07) is 17.9. The van der Waals surface area contributed by atoms with E-state index in [1.807, 2.05) is 58.9 Å². The summed E-state index contributed by atoms with van der Waals surface area (Å²) in [5.41, 5.74) is 3.01. The number of aryl methyl sites for hydroxylation is 2. The van der Waals surface area contributed by atoms with Crippen LogP contribution >= 0.6 is 0 Å². The van der Waals surface area contributed by atoms with Crippen molar-refractivity contribution in [1.29, 1.82) is 0 Å². The minimum absolute atomic E-state index is 0.0346. The van der Waals surface area contributed by atoms with Crippen molar-refractivity contribution < 1.29 is 27.5 Å². The first-order chi connectivity index (χ1) is 20.4. The summed E-state index contributed by atoms with van der Waals surface area (Å²) in [5, 5.41) is 2.99. The lowest BCUT2D eigenvalue weighted by molar-refractivity contribution is -0.140. The van der Waals surface area contributed by atoms with Crippen LogP contribution in [0.2, 0.25) is 0 Å². The summed E-state index contributed by atoms with van der Waals surface area (Å²) in [5.74, 6) is -0.0694. The smallest absolute Gasteiger partial charge is 0.264 e. The van der Waals surface area contributed by atoms with Crippen LogP contribution < -0.4 is 19.1 Å². The molecule has 0 aliphatic carbocycles. The molecule has 0 fully saturated rings. The maximum Gasteiger partial charge on any atom is 0.264 e. The van der Waals surface area contributed by atoms with Gasteiger partial charge in [0.05, 0.1) is 24.8 Å². The minimum atomic E-state index is -4.21. The highest BCUT2D eigenvalue weighted by molar-refractivity contribution is 7.92. The molecule has 0 heterocycles. The normalized spacial score (nSPS) is 12.6. The molecule has 1 N–H and O–H groups in total. The Balaban J connectivity index is 2.11. The molecule has 3 rings (SSSR count). The predicted molar refractivity (Wildman–Crippen MR) is 169 cm³/mol. The summed E-state index contributed by atoms with van der Waals surface area (Å²) < 4.78 is 40.1. The van der Waals surface area contributed by atoms with E-state index >= 15 is 0 Å². The molecule has 0 aliphatic rings. The molecule has 43 heavy (non-hydrogen) atoms. The number of nitrogens with zero attached hydrogens (tertiary/aromatic N) is 2. The maximum absolute atomic E-state index is 14.3. The molecule has 0 saturated carbocycles. The highest BCUT2D eigenvalue weighted by atomic mass is 32.2. The van der Waals surface area contributed by atoms with E-state index < -0.39 is 28.5 Å². The van der Waals surface area contributed by atoms with Crippen molar-refractivity contribution in [3.05, 3.63) is 83.4 Å². The molecule has 232 valence electrons. The fourth-order valence-corrected chi connectivity index (χ4v) is 6.00. The lowest BCUT2D eigenvalue weighted by Gasteiger charge is -2.34. The Labute approximate surface area is 255 Å². The van der Waals surface area contributed by atoms with Crippen molar-refractivity contribution in [1.82, 2.24) is 10.2 Å². The number of carbonyl (C=O) groups is 2. The van der Waals surface area contributed by atoms with Crippen molar-refractivity contribution >= 4 is 27.5 Å². The summed E-state index contributed by atoms with van der Waals surface area (Å²) >= 11 is 0. The van der Waals surface area contributed by atoms with Crippen LogP contribution in [0.25, 0.3) is 0 Å². The van der Waals surface area contributed by atoms with E-state index in [4.69, 9.17) is 9.47 Å². The second kappa shape index (κ2) is 14.9. The lowest BCUT2D eigenvalue weighted by Crippen LogP contribution is -2.53. The van der Waals surface area contributed by atoms with Gasteiger partial charge < -0.3 is 19.7 Å². The molecular formula is C33H43N3O6S. The zero-order valence-electron chi connectivity index (χ0n) is 26.1.